The quantitative estimate of drug-likeness (QED) is 0.933. The zero-order chi connectivity index (χ0) is 14.6. The van der Waals surface area contributed by atoms with Crippen LogP contribution in [-0.2, 0) is 24.1 Å². The SMILES string of the molecule is Cc1c(C(=O)O)oc2c1-c1nn(CC3COC3)cc1CC2. The van der Waals surface area contributed by atoms with Crippen LogP contribution >= 0.6 is 0 Å². The van der Waals surface area contributed by atoms with Gasteiger partial charge >= 0.3 is 5.97 Å². The first-order valence-corrected chi connectivity index (χ1v) is 7.13. The van der Waals surface area contributed by atoms with E-state index in [9.17, 15) is 9.90 Å². The van der Waals surface area contributed by atoms with E-state index < -0.39 is 5.97 Å². The Balaban J connectivity index is 1.75. The Kier molecular flexibility index (Phi) is 2.68. The van der Waals surface area contributed by atoms with E-state index in [4.69, 9.17) is 9.15 Å². The smallest absolute Gasteiger partial charge is 0.372 e. The van der Waals surface area contributed by atoms with E-state index in [-0.39, 0.29) is 5.76 Å². The summed E-state index contributed by atoms with van der Waals surface area (Å²) in [6.45, 7) is 4.23. The number of hydrogen-bond acceptors (Lipinski definition) is 4. The number of hydrogen-bond donors (Lipinski definition) is 1. The van der Waals surface area contributed by atoms with Crippen LogP contribution in [-0.4, -0.2) is 34.1 Å². The van der Waals surface area contributed by atoms with Crippen molar-refractivity contribution in [3.8, 4) is 11.3 Å². The number of aromatic carboxylic acids is 1. The predicted octanol–water partition coefficient (Wildman–Crippen LogP) is 1.89. The summed E-state index contributed by atoms with van der Waals surface area (Å²) in [5.74, 6) is 0.296. The van der Waals surface area contributed by atoms with Gasteiger partial charge in [0.05, 0.1) is 18.9 Å². The van der Waals surface area contributed by atoms with E-state index in [0.717, 1.165) is 49.6 Å². The van der Waals surface area contributed by atoms with Gasteiger partial charge in [0, 0.05) is 36.2 Å². The molecule has 0 atom stereocenters. The third kappa shape index (κ3) is 1.90. The second kappa shape index (κ2) is 4.46. The molecule has 0 unspecified atom stereocenters. The highest BCUT2D eigenvalue weighted by atomic mass is 16.5. The van der Waals surface area contributed by atoms with Gasteiger partial charge in [-0.2, -0.15) is 5.10 Å². The molecule has 6 heteroatoms. The molecule has 1 saturated heterocycles. The van der Waals surface area contributed by atoms with Crippen LogP contribution in [0.25, 0.3) is 11.3 Å². The minimum absolute atomic E-state index is 0.0368. The first-order valence-electron chi connectivity index (χ1n) is 7.13. The van der Waals surface area contributed by atoms with Gasteiger partial charge in [-0.15, -0.1) is 0 Å². The van der Waals surface area contributed by atoms with Gasteiger partial charge in [-0.05, 0) is 18.9 Å². The Bertz CT molecular complexity index is 724. The average molecular weight is 288 g/mol. The zero-order valence-electron chi connectivity index (χ0n) is 11.8. The Hall–Kier alpha value is -2.08. The van der Waals surface area contributed by atoms with E-state index in [2.05, 4.69) is 11.3 Å². The number of carboxylic acids is 1. The van der Waals surface area contributed by atoms with Crippen LogP contribution in [0, 0.1) is 12.8 Å². The summed E-state index contributed by atoms with van der Waals surface area (Å²) in [7, 11) is 0. The molecule has 2 aromatic heterocycles. The maximum absolute atomic E-state index is 11.2. The lowest BCUT2D eigenvalue weighted by molar-refractivity contribution is -0.0408. The number of nitrogens with zero attached hydrogens (tertiary/aromatic N) is 2. The van der Waals surface area contributed by atoms with Gasteiger partial charge in [0.25, 0.3) is 0 Å². The highest BCUT2D eigenvalue weighted by Gasteiger charge is 2.30. The van der Waals surface area contributed by atoms with E-state index in [0.29, 0.717) is 11.5 Å². The Morgan fingerprint density at radius 2 is 2.29 bits per heavy atom. The van der Waals surface area contributed by atoms with Crippen molar-refractivity contribution < 1.29 is 19.1 Å². The third-order valence-electron chi connectivity index (χ3n) is 4.26. The lowest BCUT2D eigenvalue weighted by Gasteiger charge is -2.25. The fourth-order valence-electron chi connectivity index (χ4n) is 3.12. The minimum atomic E-state index is -1.02. The molecule has 0 bridgehead atoms. The third-order valence-corrected chi connectivity index (χ3v) is 4.26. The number of furan rings is 1. The molecule has 2 aromatic rings. The molecule has 2 aliphatic rings. The number of carbonyl (C=O) groups is 1. The molecule has 0 aromatic carbocycles. The Morgan fingerprint density at radius 1 is 1.48 bits per heavy atom. The highest BCUT2D eigenvalue weighted by molar-refractivity contribution is 5.90. The van der Waals surface area contributed by atoms with Crippen LogP contribution in [0.3, 0.4) is 0 Å². The Morgan fingerprint density at radius 3 is 2.95 bits per heavy atom. The van der Waals surface area contributed by atoms with Crippen molar-refractivity contribution in [2.75, 3.05) is 13.2 Å². The summed E-state index contributed by atoms with van der Waals surface area (Å²) in [4.78, 5) is 11.2. The molecule has 1 N–H and O–H groups in total. The molecule has 0 spiro atoms. The number of carboxylic acid groups (broad SMARTS) is 1. The fraction of sp³-hybridized carbons (Fsp3) is 0.467. The molecule has 4 rings (SSSR count). The maximum atomic E-state index is 11.2. The normalized spacial score (nSPS) is 17.2. The monoisotopic (exact) mass is 288 g/mol. The van der Waals surface area contributed by atoms with Crippen LogP contribution in [0.4, 0.5) is 0 Å². The molecule has 1 fully saturated rings. The van der Waals surface area contributed by atoms with Crippen molar-refractivity contribution in [2.45, 2.75) is 26.3 Å². The van der Waals surface area contributed by atoms with Crippen molar-refractivity contribution in [1.29, 1.82) is 0 Å². The van der Waals surface area contributed by atoms with Crippen molar-refractivity contribution >= 4 is 5.97 Å². The van der Waals surface area contributed by atoms with Gasteiger partial charge in [0.15, 0.2) is 0 Å². The summed E-state index contributed by atoms with van der Waals surface area (Å²) < 4.78 is 12.7. The topological polar surface area (TPSA) is 77.5 Å². The van der Waals surface area contributed by atoms with Gasteiger partial charge in [-0.3, -0.25) is 4.68 Å². The maximum Gasteiger partial charge on any atom is 0.372 e. The summed E-state index contributed by atoms with van der Waals surface area (Å²) in [5.41, 5.74) is 3.60. The molecule has 6 nitrogen and oxygen atoms in total. The first-order chi connectivity index (χ1) is 10.1. The standard InChI is InChI=1S/C15H16N2O4/c1-8-12-11(21-14(8)15(18)19)3-2-10-5-17(16-13(10)12)4-9-6-20-7-9/h5,9H,2-4,6-7H2,1H3,(H,18,19). The Labute approximate surface area is 121 Å². The van der Waals surface area contributed by atoms with Gasteiger partial charge in [-0.1, -0.05) is 0 Å². The molecule has 0 amide bonds. The number of aryl methyl sites for hydroxylation is 2. The summed E-state index contributed by atoms with van der Waals surface area (Å²) in [6.07, 6.45) is 3.65. The number of fused-ring (bicyclic) bond motifs is 3. The number of rotatable bonds is 3. The lowest BCUT2D eigenvalue weighted by Crippen LogP contribution is -2.31. The highest BCUT2D eigenvalue weighted by Crippen LogP contribution is 2.38. The van der Waals surface area contributed by atoms with Crippen LogP contribution in [0.5, 0.6) is 0 Å². The van der Waals surface area contributed by atoms with E-state index in [1.807, 2.05) is 4.68 Å². The molecular weight excluding hydrogens is 272 g/mol. The average Bonchev–Trinajstić information content (AvgIpc) is 2.94. The van der Waals surface area contributed by atoms with Crippen molar-refractivity contribution in [3.63, 3.8) is 0 Å². The van der Waals surface area contributed by atoms with Gasteiger partial charge in [0.2, 0.25) is 5.76 Å². The second-order valence-corrected chi connectivity index (χ2v) is 5.79. The van der Waals surface area contributed by atoms with Crippen molar-refractivity contribution in [2.24, 2.45) is 5.92 Å². The molecule has 0 radical (unpaired) electrons. The molecule has 110 valence electrons. The van der Waals surface area contributed by atoms with Crippen molar-refractivity contribution in [3.05, 3.63) is 28.8 Å². The van der Waals surface area contributed by atoms with E-state index in [1.54, 1.807) is 6.92 Å². The lowest BCUT2D eigenvalue weighted by atomic mass is 9.94. The van der Waals surface area contributed by atoms with Crippen LogP contribution in [0.15, 0.2) is 10.6 Å². The van der Waals surface area contributed by atoms with Gasteiger partial charge in [-0.25, -0.2) is 4.79 Å². The molecule has 1 aliphatic carbocycles. The first kappa shape index (κ1) is 12.6. The molecule has 0 saturated carbocycles. The van der Waals surface area contributed by atoms with Gasteiger partial charge in [0.1, 0.15) is 5.76 Å². The second-order valence-electron chi connectivity index (χ2n) is 5.79. The zero-order valence-corrected chi connectivity index (χ0v) is 11.8. The van der Waals surface area contributed by atoms with Crippen molar-refractivity contribution in [1.82, 2.24) is 9.78 Å². The number of ether oxygens (including phenoxy) is 1. The van der Waals surface area contributed by atoms with Crippen LogP contribution in [0.2, 0.25) is 0 Å². The predicted molar refractivity (Wildman–Crippen MR) is 73.3 cm³/mol. The molecular formula is C15H16N2O4. The molecule has 21 heavy (non-hydrogen) atoms. The molecule has 1 aliphatic heterocycles. The minimum Gasteiger partial charge on any atom is -0.475 e. The largest absolute Gasteiger partial charge is 0.475 e. The van der Waals surface area contributed by atoms with E-state index >= 15 is 0 Å². The number of aromatic nitrogens is 2. The van der Waals surface area contributed by atoms with Crippen LogP contribution in [0.1, 0.15) is 27.4 Å². The molecule has 3 heterocycles. The van der Waals surface area contributed by atoms with E-state index in [1.165, 1.54) is 5.56 Å². The van der Waals surface area contributed by atoms with Gasteiger partial charge < -0.3 is 14.3 Å². The summed E-state index contributed by atoms with van der Waals surface area (Å²) >= 11 is 0. The van der Waals surface area contributed by atoms with Crippen LogP contribution < -0.4 is 0 Å². The summed E-state index contributed by atoms with van der Waals surface area (Å²) in [6, 6.07) is 0. The summed E-state index contributed by atoms with van der Waals surface area (Å²) in [5, 5.41) is 13.8. The fourth-order valence-corrected chi connectivity index (χ4v) is 3.12.